The van der Waals surface area contributed by atoms with E-state index in [1.54, 1.807) is 0 Å². The highest BCUT2D eigenvalue weighted by Crippen LogP contribution is 2.57. The first-order chi connectivity index (χ1) is 10.3. The molecule has 22 heavy (non-hydrogen) atoms. The molecule has 0 heterocycles. The van der Waals surface area contributed by atoms with Crippen LogP contribution >= 0.6 is 11.6 Å². The van der Waals surface area contributed by atoms with E-state index in [2.05, 4.69) is 19.6 Å². The molecule has 0 atom stereocenters. The summed E-state index contributed by atoms with van der Waals surface area (Å²) in [5, 5.41) is 0.714. The molecule has 4 fully saturated rings. The smallest absolute Gasteiger partial charge is 0.406 e. The highest BCUT2D eigenvalue weighted by atomic mass is 35.5. The zero-order valence-corrected chi connectivity index (χ0v) is 15.9. The molecule has 0 radical (unpaired) electrons. The van der Waals surface area contributed by atoms with E-state index in [-0.39, 0.29) is 6.09 Å². The summed E-state index contributed by atoms with van der Waals surface area (Å²) in [6, 6.07) is 0. The fourth-order valence-corrected chi connectivity index (χ4v) is 7.46. The molecule has 4 aliphatic rings. The molecule has 124 valence electrons. The number of hydrogen-bond acceptors (Lipinski definition) is 2. The Balaban J connectivity index is 1.95. The predicted molar refractivity (Wildman–Crippen MR) is 92.1 cm³/mol. The Kier molecular flexibility index (Phi) is 4.36. The molecule has 0 aromatic heterocycles. The van der Waals surface area contributed by atoms with Crippen LogP contribution in [0.4, 0.5) is 4.79 Å². The molecule has 0 spiro atoms. The van der Waals surface area contributed by atoms with E-state index in [1.165, 1.54) is 37.7 Å². The zero-order chi connectivity index (χ0) is 16.1. The fourth-order valence-electron chi connectivity index (χ4n) is 4.99. The molecule has 4 saturated carbocycles. The van der Waals surface area contributed by atoms with Gasteiger partial charge in [-0.1, -0.05) is 31.2 Å². The summed E-state index contributed by atoms with van der Waals surface area (Å²) in [5.74, 6) is 3.02. The third kappa shape index (κ3) is 2.84. The molecule has 1 amide bonds. The first kappa shape index (κ1) is 16.4. The molecule has 0 aromatic rings. The van der Waals surface area contributed by atoms with Crippen LogP contribution in [0.25, 0.3) is 0 Å². The third-order valence-corrected chi connectivity index (χ3v) is 7.85. The SMILES string of the molecule is CCOC(=O)N(C(Cl)=C1C2CC3CC(C2)CC1C3)[Si](C)(C)C. The van der Waals surface area contributed by atoms with Crippen LogP contribution in [0.15, 0.2) is 10.7 Å². The summed E-state index contributed by atoms with van der Waals surface area (Å²) >= 11 is 6.85. The maximum Gasteiger partial charge on any atom is 0.406 e. The standard InChI is InChI=1S/C17H28ClNO2Si/c1-5-21-17(20)19(22(2,3)4)16(18)15-13-7-11-6-12(9-13)10-14(15)8-11/h11-14H,5-10H2,1-4H3. The summed E-state index contributed by atoms with van der Waals surface area (Å²) in [5.41, 5.74) is 1.38. The molecule has 0 unspecified atom stereocenters. The van der Waals surface area contributed by atoms with Crippen LogP contribution in [0.1, 0.15) is 39.0 Å². The molecule has 3 nitrogen and oxygen atoms in total. The minimum absolute atomic E-state index is 0.257. The van der Waals surface area contributed by atoms with E-state index in [9.17, 15) is 4.79 Å². The van der Waals surface area contributed by atoms with Gasteiger partial charge in [0.1, 0.15) is 5.16 Å². The van der Waals surface area contributed by atoms with Gasteiger partial charge in [0.25, 0.3) is 0 Å². The molecular formula is C17H28ClNO2Si. The van der Waals surface area contributed by atoms with Gasteiger partial charge in [-0.15, -0.1) is 0 Å². The maximum absolute atomic E-state index is 12.5. The lowest BCUT2D eigenvalue weighted by Crippen LogP contribution is -2.50. The number of carbonyl (C=O) groups excluding carboxylic acids is 1. The topological polar surface area (TPSA) is 29.5 Å². The number of rotatable bonds is 3. The number of allylic oxidation sites excluding steroid dienone is 1. The molecule has 5 heteroatoms. The first-order valence-corrected chi connectivity index (χ1v) is 12.5. The molecule has 0 saturated heterocycles. The van der Waals surface area contributed by atoms with Crippen LogP contribution in [0, 0.1) is 23.7 Å². The van der Waals surface area contributed by atoms with Gasteiger partial charge in [0, 0.05) is 0 Å². The van der Waals surface area contributed by atoms with E-state index in [0.29, 0.717) is 23.6 Å². The molecular weight excluding hydrogens is 314 g/mol. The first-order valence-electron chi connectivity index (χ1n) is 8.67. The van der Waals surface area contributed by atoms with Gasteiger partial charge in [-0.2, -0.15) is 0 Å². The molecule has 4 aliphatic carbocycles. The molecule has 0 aromatic carbocycles. The van der Waals surface area contributed by atoms with E-state index in [0.717, 1.165) is 11.8 Å². The van der Waals surface area contributed by atoms with Crippen LogP contribution in [-0.2, 0) is 4.74 Å². The van der Waals surface area contributed by atoms with Crippen molar-refractivity contribution in [1.29, 1.82) is 0 Å². The van der Waals surface area contributed by atoms with E-state index < -0.39 is 8.24 Å². The monoisotopic (exact) mass is 341 g/mol. The lowest BCUT2D eigenvalue weighted by atomic mass is 9.54. The fraction of sp³-hybridized carbons (Fsp3) is 0.824. The maximum atomic E-state index is 12.5. The van der Waals surface area contributed by atoms with Crippen molar-refractivity contribution in [3.8, 4) is 0 Å². The minimum atomic E-state index is -1.92. The van der Waals surface area contributed by atoms with E-state index in [1.807, 2.05) is 11.5 Å². The Morgan fingerprint density at radius 2 is 1.64 bits per heavy atom. The van der Waals surface area contributed by atoms with Crippen LogP contribution in [0.5, 0.6) is 0 Å². The zero-order valence-electron chi connectivity index (χ0n) is 14.2. The number of halogens is 1. The summed E-state index contributed by atoms with van der Waals surface area (Å²) in [4.78, 5) is 12.5. The van der Waals surface area contributed by atoms with Gasteiger partial charge in [0.05, 0.1) is 6.61 Å². The molecule has 4 rings (SSSR count). The minimum Gasteiger partial charge on any atom is -0.450 e. The quantitative estimate of drug-likeness (QED) is 0.522. The Hall–Kier alpha value is -0.483. The summed E-state index contributed by atoms with van der Waals surface area (Å²) in [6.07, 6.45) is 6.28. The van der Waals surface area contributed by atoms with Crippen LogP contribution in [0.3, 0.4) is 0 Å². The number of nitrogens with zero attached hydrogens (tertiary/aromatic N) is 1. The van der Waals surface area contributed by atoms with Crippen LogP contribution in [-0.4, -0.2) is 25.5 Å². The van der Waals surface area contributed by atoms with Crippen LogP contribution < -0.4 is 0 Å². The Morgan fingerprint density at radius 3 is 2.05 bits per heavy atom. The normalized spacial score (nSPS) is 33.0. The third-order valence-electron chi connectivity index (χ3n) is 5.57. The number of amides is 1. The second kappa shape index (κ2) is 5.86. The predicted octanol–water partition coefficient (Wildman–Crippen LogP) is 5.19. The van der Waals surface area contributed by atoms with Crippen molar-refractivity contribution in [2.75, 3.05) is 6.61 Å². The number of ether oxygens (including phenoxy) is 1. The van der Waals surface area contributed by atoms with Crippen molar-refractivity contribution >= 4 is 25.9 Å². The van der Waals surface area contributed by atoms with Gasteiger partial charge in [-0.3, -0.25) is 4.57 Å². The van der Waals surface area contributed by atoms with Crippen molar-refractivity contribution in [1.82, 2.24) is 4.57 Å². The highest BCUT2D eigenvalue weighted by molar-refractivity contribution is 6.76. The Morgan fingerprint density at radius 1 is 1.14 bits per heavy atom. The second-order valence-corrected chi connectivity index (χ2v) is 13.4. The lowest BCUT2D eigenvalue weighted by molar-refractivity contribution is 0.0670. The molecule has 4 bridgehead atoms. The van der Waals surface area contributed by atoms with Crippen molar-refractivity contribution in [3.05, 3.63) is 10.7 Å². The largest absolute Gasteiger partial charge is 0.450 e. The van der Waals surface area contributed by atoms with Gasteiger partial charge in [-0.05, 0) is 68.3 Å². The van der Waals surface area contributed by atoms with Gasteiger partial charge in [0.15, 0.2) is 8.24 Å². The van der Waals surface area contributed by atoms with Crippen molar-refractivity contribution in [3.63, 3.8) is 0 Å². The Labute approximate surface area is 140 Å². The van der Waals surface area contributed by atoms with Crippen molar-refractivity contribution < 1.29 is 9.53 Å². The van der Waals surface area contributed by atoms with Crippen LogP contribution in [0.2, 0.25) is 19.6 Å². The van der Waals surface area contributed by atoms with Gasteiger partial charge in [0.2, 0.25) is 0 Å². The van der Waals surface area contributed by atoms with Gasteiger partial charge >= 0.3 is 6.09 Å². The average Bonchev–Trinajstić information content (AvgIpc) is 2.35. The lowest BCUT2D eigenvalue weighted by Gasteiger charge is -2.52. The molecule has 0 N–H and O–H groups in total. The number of carbonyl (C=O) groups is 1. The Bertz CT molecular complexity index is 467. The highest BCUT2D eigenvalue weighted by Gasteiger charge is 2.48. The van der Waals surface area contributed by atoms with Crippen molar-refractivity contribution in [2.45, 2.75) is 58.7 Å². The van der Waals surface area contributed by atoms with Gasteiger partial charge < -0.3 is 4.74 Å². The van der Waals surface area contributed by atoms with E-state index in [4.69, 9.17) is 16.3 Å². The second-order valence-electron chi connectivity index (χ2n) is 8.26. The van der Waals surface area contributed by atoms with Gasteiger partial charge in [-0.25, -0.2) is 4.79 Å². The molecule has 0 aliphatic heterocycles. The summed E-state index contributed by atoms with van der Waals surface area (Å²) < 4.78 is 7.11. The average molecular weight is 342 g/mol. The van der Waals surface area contributed by atoms with E-state index >= 15 is 0 Å². The summed E-state index contributed by atoms with van der Waals surface area (Å²) in [6.45, 7) is 8.72. The van der Waals surface area contributed by atoms with Crippen molar-refractivity contribution in [2.24, 2.45) is 23.7 Å². The number of hydrogen-bond donors (Lipinski definition) is 0. The summed E-state index contributed by atoms with van der Waals surface area (Å²) in [7, 11) is -1.92.